The highest BCUT2D eigenvalue weighted by atomic mass is 79.9. The van der Waals surface area contributed by atoms with Crippen LogP contribution in [-0.2, 0) is 19.6 Å². The predicted octanol–water partition coefficient (Wildman–Crippen LogP) is 3.05. The van der Waals surface area contributed by atoms with Gasteiger partial charge in [0.1, 0.15) is 4.21 Å². The van der Waals surface area contributed by atoms with Crippen LogP contribution in [0.3, 0.4) is 0 Å². The smallest absolute Gasteiger partial charge is 0.340 e. The van der Waals surface area contributed by atoms with Crippen molar-refractivity contribution in [1.82, 2.24) is 9.80 Å². The summed E-state index contributed by atoms with van der Waals surface area (Å²) < 4.78 is 38.7. The third-order valence-corrected chi connectivity index (χ3v) is 8.66. The number of furan rings is 1. The average molecular weight is 582 g/mol. The number of piperazine rings is 1. The third-order valence-electron chi connectivity index (χ3n) is 5.18. The van der Waals surface area contributed by atoms with E-state index in [1.165, 1.54) is 29.4 Å². The molecule has 184 valence electrons. The minimum atomic E-state index is -3.91. The molecule has 3 aromatic rings. The summed E-state index contributed by atoms with van der Waals surface area (Å²) >= 11 is 4.26. The second-order valence-electron chi connectivity index (χ2n) is 7.44. The third kappa shape index (κ3) is 5.92. The molecule has 0 radical (unpaired) electrons. The van der Waals surface area contributed by atoms with Gasteiger partial charge in [0.15, 0.2) is 12.4 Å². The summed E-state index contributed by atoms with van der Waals surface area (Å²) in [5.41, 5.74) is 0.0212. The van der Waals surface area contributed by atoms with Crippen LogP contribution in [0.1, 0.15) is 20.9 Å². The molecule has 0 unspecified atom stereocenters. The molecule has 2 amide bonds. The molecule has 1 N–H and O–H groups in total. The molecule has 13 heteroatoms. The fourth-order valence-corrected chi connectivity index (χ4v) is 6.49. The molecule has 1 saturated heterocycles. The van der Waals surface area contributed by atoms with E-state index in [1.807, 2.05) is 0 Å². The first-order valence-electron chi connectivity index (χ1n) is 10.4. The highest BCUT2D eigenvalue weighted by molar-refractivity contribution is 9.11. The second kappa shape index (κ2) is 10.6. The first-order valence-corrected chi connectivity index (χ1v) is 13.5. The molecule has 0 aliphatic carbocycles. The maximum atomic E-state index is 12.7. The van der Waals surface area contributed by atoms with Crippen molar-refractivity contribution in [2.75, 3.05) is 37.5 Å². The van der Waals surface area contributed by atoms with Crippen LogP contribution in [0.5, 0.6) is 0 Å². The summed E-state index contributed by atoms with van der Waals surface area (Å²) in [4.78, 5) is 40.6. The zero-order valence-electron chi connectivity index (χ0n) is 18.2. The zero-order valence-corrected chi connectivity index (χ0v) is 21.4. The van der Waals surface area contributed by atoms with Crippen LogP contribution in [-0.4, -0.2) is 68.8 Å². The SMILES string of the molecule is O=C(OCC(=O)N1CCN(C(=O)c2ccco2)CC1)c1ccccc1NS(=O)(=O)c1ccc(Br)s1. The van der Waals surface area contributed by atoms with Gasteiger partial charge in [0.25, 0.3) is 21.8 Å². The van der Waals surface area contributed by atoms with Gasteiger partial charge >= 0.3 is 5.97 Å². The maximum Gasteiger partial charge on any atom is 0.340 e. The molecule has 1 fully saturated rings. The van der Waals surface area contributed by atoms with Crippen molar-refractivity contribution >= 4 is 60.8 Å². The second-order valence-corrected chi connectivity index (χ2v) is 11.8. The molecule has 0 saturated carbocycles. The maximum absolute atomic E-state index is 12.7. The number of ether oxygens (including phenoxy) is 1. The normalized spacial score (nSPS) is 14.0. The van der Waals surface area contributed by atoms with Crippen LogP contribution in [0.15, 0.2) is 67.2 Å². The first-order chi connectivity index (χ1) is 16.7. The fourth-order valence-electron chi connectivity index (χ4n) is 3.40. The number of esters is 1. The van der Waals surface area contributed by atoms with Crippen molar-refractivity contribution in [3.05, 3.63) is 69.9 Å². The minimum absolute atomic E-state index is 0.0200. The Balaban J connectivity index is 1.33. The van der Waals surface area contributed by atoms with Crippen LogP contribution in [0.25, 0.3) is 0 Å². The summed E-state index contributed by atoms with van der Waals surface area (Å²) in [5, 5.41) is 0. The molecule has 1 aliphatic rings. The van der Waals surface area contributed by atoms with Crippen LogP contribution in [0.4, 0.5) is 5.69 Å². The molecule has 35 heavy (non-hydrogen) atoms. The van der Waals surface area contributed by atoms with Gasteiger partial charge in [-0.05, 0) is 52.3 Å². The predicted molar refractivity (Wildman–Crippen MR) is 131 cm³/mol. The molecule has 10 nitrogen and oxygen atoms in total. The number of nitrogens with zero attached hydrogens (tertiary/aromatic N) is 2. The zero-order chi connectivity index (χ0) is 25.0. The van der Waals surface area contributed by atoms with Gasteiger partial charge in [-0.15, -0.1) is 11.3 Å². The van der Waals surface area contributed by atoms with Crippen molar-refractivity contribution < 1.29 is 32.0 Å². The lowest BCUT2D eigenvalue weighted by Gasteiger charge is -2.34. The number of halogens is 1. The quantitative estimate of drug-likeness (QED) is 0.425. The Hall–Kier alpha value is -3.16. The number of hydrogen-bond acceptors (Lipinski definition) is 8. The van der Waals surface area contributed by atoms with Gasteiger partial charge in [0.05, 0.1) is 21.3 Å². The molecule has 0 bridgehead atoms. The lowest BCUT2D eigenvalue weighted by atomic mass is 10.2. The Bertz CT molecular complexity index is 1330. The number of rotatable bonds is 7. The van der Waals surface area contributed by atoms with Crippen molar-refractivity contribution in [2.24, 2.45) is 0 Å². The number of carbonyl (C=O) groups is 3. The number of thiophene rings is 1. The van der Waals surface area contributed by atoms with Crippen LogP contribution in [0, 0.1) is 0 Å². The van der Waals surface area contributed by atoms with E-state index in [0.717, 1.165) is 11.3 Å². The number of para-hydroxylation sites is 1. The van der Waals surface area contributed by atoms with Crippen LogP contribution in [0.2, 0.25) is 0 Å². The molecule has 4 rings (SSSR count). The number of anilines is 1. The number of nitrogens with one attached hydrogen (secondary N) is 1. The molecule has 1 aliphatic heterocycles. The van der Waals surface area contributed by atoms with E-state index in [2.05, 4.69) is 20.7 Å². The Morgan fingerprint density at radius 3 is 2.37 bits per heavy atom. The van der Waals surface area contributed by atoms with E-state index in [0.29, 0.717) is 16.9 Å². The summed E-state index contributed by atoms with van der Waals surface area (Å²) in [6.45, 7) is 0.709. The summed E-state index contributed by atoms with van der Waals surface area (Å²) in [6.07, 6.45) is 1.42. The standard InChI is InChI=1S/C22H20BrN3O7S2/c23-18-7-8-20(34-18)35(30,31)24-16-5-2-1-4-15(16)22(29)33-14-19(27)25-9-11-26(12-10-25)21(28)17-6-3-13-32-17/h1-8,13,24H,9-12,14H2. The Kier molecular flexibility index (Phi) is 7.57. The molecule has 3 heterocycles. The Labute approximate surface area is 213 Å². The number of hydrogen-bond donors (Lipinski definition) is 1. The van der Waals surface area contributed by atoms with Gasteiger partial charge in [-0.3, -0.25) is 14.3 Å². The Morgan fingerprint density at radius 2 is 1.71 bits per heavy atom. The van der Waals surface area contributed by atoms with Gasteiger partial charge in [0, 0.05) is 26.2 Å². The molecule has 2 aromatic heterocycles. The molecule has 1 aromatic carbocycles. The van der Waals surface area contributed by atoms with Gasteiger partial charge in [-0.25, -0.2) is 13.2 Å². The number of benzene rings is 1. The highest BCUT2D eigenvalue weighted by Gasteiger charge is 2.27. The van der Waals surface area contributed by atoms with E-state index in [9.17, 15) is 22.8 Å². The van der Waals surface area contributed by atoms with Crippen molar-refractivity contribution in [1.29, 1.82) is 0 Å². The van der Waals surface area contributed by atoms with Gasteiger partial charge in [0.2, 0.25) is 0 Å². The first kappa shape index (κ1) is 24.9. The number of sulfonamides is 1. The van der Waals surface area contributed by atoms with Gasteiger partial charge < -0.3 is 19.0 Å². The Morgan fingerprint density at radius 1 is 1.00 bits per heavy atom. The highest BCUT2D eigenvalue weighted by Crippen LogP contribution is 2.28. The monoisotopic (exact) mass is 581 g/mol. The van der Waals surface area contributed by atoms with E-state index in [1.54, 1.807) is 35.2 Å². The van der Waals surface area contributed by atoms with E-state index in [4.69, 9.17) is 9.15 Å². The van der Waals surface area contributed by atoms with Gasteiger partial charge in [-0.1, -0.05) is 12.1 Å². The molecule has 0 atom stereocenters. The molecule has 0 spiro atoms. The fraction of sp³-hybridized carbons (Fsp3) is 0.227. The van der Waals surface area contributed by atoms with Crippen molar-refractivity contribution in [2.45, 2.75) is 4.21 Å². The van der Waals surface area contributed by atoms with Crippen molar-refractivity contribution in [3.63, 3.8) is 0 Å². The van der Waals surface area contributed by atoms with E-state index >= 15 is 0 Å². The summed E-state index contributed by atoms with van der Waals surface area (Å²) in [7, 11) is -3.91. The van der Waals surface area contributed by atoms with Crippen LogP contribution >= 0.6 is 27.3 Å². The number of amides is 2. The topological polar surface area (TPSA) is 126 Å². The van der Waals surface area contributed by atoms with Crippen LogP contribution < -0.4 is 4.72 Å². The lowest BCUT2D eigenvalue weighted by molar-refractivity contribution is -0.136. The van der Waals surface area contributed by atoms with E-state index < -0.39 is 28.5 Å². The average Bonchev–Trinajstić information content (AvgIpc) is 3.55. The molecular weight excluding hydrogens is 562 g/mol. The lowest BCUT2D eigenvalue weighted by Crippen LogP contribution is -2.51. The van der Waals surface area contributed by atoms with Gasteiger partial charge in [-0.2, -0.15) is 0 Å². The minimum Gasteiger partial charge on any atom is -0.459 e. The molecular formula is C22H20BrN3O7S2. The van der Waals surface area contributed by atoms with Crippen molar-refractivity contribution in [3.8, 4) is 0 Å². The summed E-state index contributed by atoms with van der Waals surface area (Å²) in [5.74, 6) is -1.26. The largest absolute Gasteiger partial charge is 0.459 e. The summed E-state index contributed by atoms with van der Waals surface area (Å²) in [6, 6.07) is 12.3. The van der Waals surface area contributed by atoms with E-state index in [-0.39, 0.29) is 40.2 Å². The number of carbonyl (C=O) groups excluding carboxylic acids is 3.